The highest BCUT2D eigenvalue weighted by Crippen LogP contribution is 2.34. The van der Waals surface area contributed by atoms with Crippen LogP contribution in [0.1, 0.15) is 11.1 Å². The van der Waals surface area contributed by atoms with E-state index >= 15 is 0 Å². The van der Waals surface area contributed by atoms with Crippen molar-refractivity contribution in [2.75, 3.05) is 0 Å². The number of nitrogens with zero attached hydrogens (tertiary/aromatic N) is 1. The molecule has 0 saturated heterocycles. The number of pyridine rings is 1. The molecular weight excluding hydrogens is 313 g/mol. The van der Waals surface area contributed by atoms with Crippen LogP contribution in [0.15, 0.2) is 77.2 Å². The summed E-state index contributed by atoms with van der Waals surface area (Å²) >= 11 is 0. The number of hydrogen-bond acceptors (Lipinski definition) is 2. The van der Waals surface area contributed by atoms with Crippen LogP contribution in [0.5, 0.6) is 0 Å². The minimum Gasteiger partial charge on any atom is -0.454 e. The van der Waals surface area contributed by atoms with E-state index in [1.165, 1.54) is 6.07 Å². The fourth-order valence-electron chi connectivity index (χ4n) is 3.41. The Morgan fingerprint density at radius 1 is 0.840 bits per heavy atom. The molecule has 0 spiro atoms. The fourth-order valence-corrected chi connectivity index (χ4v) is 3.41. The minimum atomic E-state index is -0.265. The summed E-state index contributed by atoms with van der Waals surface area (Å²) in [6, 6.07) is 22.8. The molecule has 0 aliphatic carbocycles. The Kier molecular flexibility index (Phi) is 3.07. The molecule has 5 rings (SSSR count). The Bertz CT molecular complexity index is 1220. The normalized spacial score (nSPS) is 11.6. The fraction of sp³-hybridized carbons (Fsp3) is 0.0455. The third-order valence-electron chi connectivity index (χ3n) is 4.58. The minimum absolute atomic E-state index is 0.265. The molecule has 25 heavy (non-hydrogen) atoms. The summed E-state index contributed by atoms with van der Waals surface area (Å²) in [5.74, 6) is -0.265. The first-order valence-electron chi connectivity index (χ1n) is 8.23. The molecule has 0 fully saturated rings. The van der Waals surface area contributed by atoms with Gasteiger partial charge in [-0.2, -0.15) is 0 Å². The van der Waals surface area contributed by atoms with Gasteiger partial charge in [0.2, 0.25) is 0 Å². The lowest BCUT2D eigenvalue weighted by atomic mass is 9.99. The number of hydrogen-bond donors (Lipinski definition) is 0. The summed E-state index contributed by atoms with van der Waals surface area (Å²) in [5.41, 5.74) is 5.29. The Labute approximate surface area is 143 Å². The van der Waals surface area contributed by atoms with E-state index in [-0.39, 0.29) is 5.82 Å². The van der Waals surface area contributed by atoms with Gasteiger partial charge in [0.25, 0.3) is 0 Å². The molecule has 0 unspecified atom stereocenters. The highest BCUT2D eigenvalue weighted by Gasteiger charge is 2.16. The first-order valence-corrected chi connectivity index (χ1v) is 8.23. The van der Waals surface area contributed by atoms with Crippen LogP contribution in [-0.4, -0.2) is 4.98 Å². The largest absolute Gasteiger partial charge is 0.454 e. The van der Waals surface area contributed by atoms with Gasteiger partial charge < -0.3 is 4.42 Å². The summed E-state index contributed by atoms with van der Waals surface area (Å²) in [6.45, 7) is 0. The van der Waals surface area contributed by atoms with Crippen molar-refractivity contribution in [3.63, 3.8) is 0 Å². The Hall–Kier alpha value is -3.20. The molecule has 0 amide bonds. The van der Waals surface area contributed by atoms with Crippen LogP contribution in [0.4, 0.5) is 4.39 Å². The zero-order chi connectivity index (χ0) is 16.8. The van der Waals surface area contributed by atoms with Gasteiger partial charge in [-0.05, 0) is 35.9 Å². The summed E-state index contributed by atoms with van der Waals surface area (Å²) in [7, 11) is 0. The van der Waals surface area contributed by atoms with E-state index < -0.39 is 0 Å². The van der Waals surface area contributed by atoms with Gasteiger partial charge in [-0.25, -0.2) is 9.37 Å². The van der Waals surface area contributed by atoms with Crippen molar-refractivity contribution in [1.29, 1.82) is 0 Å². The van der Waals surface area contributed by atoms with Gasteiger partial charge in [0.1, 0.15) is 16.9 Å². The maximum Gasteiger partial charge on any atom is 0.158 e. The number of furan rings is 1. The van der Waals surface area contributed by atoms with Crippen molar-refractivity contribution in [3.8, 4) is 0 Å². The molecule has 0 atom stereocenters. The van der Waals surface area contributed by atoms with Crippen molar-refractivity contribution in [1.82, 2.24) is 4.98 Å². The Balaban J connectivity index is 1.90. The number of aromatic nitrogens is 1. The van der Waals surface area contributed by atoms with Gasteiger partial charge in [0.15, 0.2) is 5.58 Å². The van der Waals surface area contributed by atoms with Gasteiger partial charge in [0, 0.05) is 22.8 Å². The number of halogens is 1. The van der Waals surface area contributed by atoms with Gasteiger partial charge in [-0.3, -0.25) is 0 Å². The Morgan fingerprint density at radius 3 is 2.52 bits per heavy atom. The predicted molar refractivity (Wildman–Crippen MR) is 98.2 cm³/mol. The second kappa shape index (κ2) is 5.42. The molecule has 0 N–H and O–H groups in total. The molecule has 0 aliphatic heterocycles. The zero-order valence-corrected chi connectivity index (χ0v) is 13.4. The average Bonchev–Trinajstić information content (AvgIpc) is 3.01. The standard InChI is InChI=1S/C22H14FNO/c23-15-10-11-19-17(13-15)18(12-14-6-2-1-3-7-14)22-21(24-19)16-8-4-5-9-20(16)25-22/h1-11,13H,12H2. The molecule has 5 aromatic rings. The van der Waals surface area contributed by atoms with Gasteiger partial charge >= 0.3 is 0 Å². The number of fused-ring (bicyclic) bond motifs is 4. The van der Waals surface area contributed by atoms with E-state index in [9.17, 15) is 4.39 Å². The van der Waals surface area contributed by atoms with Crippen LogP contribution in [0.3, 0.4) is 0 Å². The highest BCUT2D eigenvalue weighted by atomic mass is 19.1. The second-order valence-electron chi connectivity index (χ2n) is 6.19. The zero-order valence-electron chi connectivity index (χ0n) is 13.4. The third kappa shape index (κ3) is 2.28. The summed E-state index contributed by atoms with van der Waals surface area (Å²) < 4.78 is 20.0. The first kappa shape index (κ1) is 14.2. The molecule has 3 aromatic carbocycles. The molecule has 0 bridgehead atoms. The highest BCUT2D eigenvalue weighted by molar-refractivity contribution is 6.08. The topological polar surface area (TPSA) is 26.0 Å². The summed E-state index contributed by atoms with van der Waals surface area (Å²) in [4.78, 5) is 4.75. The SMILES string of the molecule is Fc1ccc2nc3c(oc4ccccc43)c(Cc3ccccc3)c2c1. The van der Waals surface area contributed by atoms with Crippen LogP contribution in [0.2, 0.25) is 0 Å². The maximum absolute atomic E-state index is 13.9. The molecule has 2 heterocycles. The van der Waals surface area contributed by atoms with Crippen molar-refractivity contribution in [3.05, 3.63) is 89.7 Å². The first-order chi connectivity index (χ1) is 12.3. The third-order valence-corrected chi connectivity index (χ3v) is 4.58. The maximum atomic E-state index is 13.9. The van der Waals surface area contributed by atoms with Crippen molar-refractivity contribution in [2.24, 2.45) is 0 Å². The lowest BCUT2D eigenvalue weighted by Crippen LogP contribution is -1.94. The van der Waals surface area contributed by atoms with E-state index in [1.807, 2.05) is 42.5 Å². The van der Waals surface area contributed by atoms with E-state index in [2.05, 4.69) is 12.1 Å². The lowest BCUT2D eigenvalue weighted by molar-refractivity contribution is 0.629. The smallest absolute Gasteiger partial charge is 0.158 e. The van der Waals surface area contributed by atoms with Crippen molar-refractivity contribution < 1.29 is 8.81 Å². The molecule has 0 saturated carbocycles. The number of benzene rings is 3. The number of para-hydroxylation sites is 1. The summed E-state index contributed by atoms with van der Waals surface area (Å²) in [6.07, 6.45) is 0.666. The van der Waals surface area contributed by atoms with Crippen molar-refractivity contribution in [2.45, 2.75) is 6.42 Å². The van der Waals surface area contributed by atoms with Gasteiger partial charge in [-0.1, -0.05) is 42.5 Å². The monoisotopic (exact) mass is 327 g/mol. The van der Waals surface area contributed by atoms with E-state index in [0.717, 1.165) is 44.1 Å². The molecule has 2 aromatic heterocycles. The lowest BCUT2D eigenvalue weighted by Gasteiger charge is -2.08. The van der Waals surface area contributed by atoms with E-state index in [1.54, 1.807) is 12.1 Å². The molecule has 0 aliphatic rings. The predicted octanol–water partition coefficient (Wildman–Crippen LogP) is 5.86. The van der Waals surface area contributed by atoms with Gasteiger partial charge in [0.05, 0.1) is 5.52 Å². The van der Waals surface area contributed by atoms with Gasteiger partial charge in [-0.15, -0.1) is 0 Å². The van der Waals surface area contributed by atoms with Crippen LogP contribution < -0.4 is 0 Å². The second-order valence-corrected chi connectivity index (χ2v) is 6.19. The quantitative estimate of drug-likeness (QED) is 0.405. The van der Waals surface area contributed by atoms with E-state index in [0.29, 0.717) is 6.42 Å². The average molecular weight is 327 g/mol. The number of rotatable bonds is 2. The molecule has 0 radical (unpaired) electrons. The molecule has 3 heteroatoms. The summed E-state index contributed by atoms with van der Waals surface area (Å²) in [5, 5.41) is 1.79. The van der Waals surface area contributed by atoms with Crippen LogP contribution in [0.25, 0.3) is 33.0 Å². The Morgan fingerprint density at radius 2 is 1.64 bits per heavy atom. The van der Waals surface area contributed by atoms with Crippen LogP contribution >= 0.6 is 0 Å². The van der Waals surface area contributed by atoms with Crippen LogP contribution in [0, 0.1) is 5.82 Å². The molecule has 2 nitrogen and oxygen atoms in total. The van der Waals surface area contributed by atoms with Crippen molar-refractivity contribution >= 4 is 33.0 Å². The molecular formula is C22H14FNO. The molecule has 120 valence electrons. The van der Waals surface area contributed by atoms with Crippen LogP contribution in [-0.2, 0) is 6.42 Å². The van der Waals surface area contributed by atoms with E-state index in [4.69, 9.17) is 9.40 Å².